The molecule has 1 aromatic rings. The number of nitro groups is 1. The van der Waals surface area contributed by atoms with Gasteiger partial charge in [0.25, 0.3) is 5.69 Å². The Morgan fingerprint density at radius 3 is 2.59 bits per heavy atom. The lowest BCUT2D eigenvalue weighted by molar-refractivity contribution is -0.384. The lowest BCUT2D eigenvalue weighted by Crippen LogP contribution is -2.27. The average Bonchev–Trinajstić information content (AvgIpc) is 2.15. The van der Waals surface area contributed by atoms with Gasteiger partial charge in [0, 0.05) is 23.2 Å². The van der Waals surface area contributed by atoms with Gasteiger partial charge in [-0.1, -0.05) is 18.0 Å². The highest BCUT2D eigenvalue weighted by atomic mass is 35.5. The van der Waals surface area contributed by atoms with E-state index in [1.165, 1.54) is 18.6 Å². The molecular weight excluding hydrogens is 263 g/mol. The molecule has 0 spiro atoms. The van der Waals surface area contributed by atoms with Gasteiger partial charge < -0.3 is 5.73 Å². The van der Waals surface area contributed by atoms with Crippen molar-refractivity contribution in [1.82, 2.24) is 0 Å². The molecule has 6 heteroatoms. The molecule has 0 aromatic heterocycles. The Morgan fingerprint density at radius 2 is 2.12 bits per heavy atom. The summed E-state index contributed by atoms with van der Waals surface area (Å²) in [6.07, 6.45) is 3.35. The van der Waals surface area contributed by atoms with Gasteiger partial charge in [-0.2, -0.15) is 0 Å². The molecule has 1 fully saturated rings. The first kappa shape index (κ1) is 14.2. The van der Waals surface area contributed by atoms with Crippen molar-refractivity contribution in [2.75, 3.05) is 0 Å². The van der Waals surface area contributed by atoms with E-state index in [9.17, 15) is 10.1 Å². The molecule has 2 N–H and O–H groups in total. The largest absolute Gasteiger partial charge is 0.324 e. The van der Waals surface area contributed by atoms with Crippen molar-refractivity contribution in [3.63, 3.8) is 0 Å². The third-order valence-corrected chi connectivity index (χ3v) is 3.55. The van der Waals surface area contributed by atoms with E-state index in [1.807, 2.05) is 0 Å². The Balaban J connectivity index is 0.00000144. The van der Waals surface area contributed by atoms with Gasteiger partial charge >= 0.3 is 0 Å². The maximum atomic E-state index is 10.7. The lowest BCUT2D eigenvalue weighted by atomic mass is 9.77. The van der Waals surface area contributed by atoms with Crippen molar-refractivity contribution < 1.29 is 4.92 Å². The van der Waals surface area contributed by atoms with E-state index in [0.29, 0.717) is 16.5 Å². The molecule has 2 rings (SSSR count). The van der Waals surface area contributed by atoms with Gasteiger partial charge in [0.15, 0.2) is 0 Å². The van der Waals surface area contributed by atoms with E-state index in [0.717, 1.165) is 12.8 Å². The lowest BCUT2D eigenvalue weighted by Gasteiger charge is -2.31. The Labute approximate surface area is 111 Å². The van der Waals surface area contributed by atoms with Crippen LogP contribution >= 0.6 is 24.0 Å². The predicted octanol–water partition coefficient (Wildman–Crippen LogP) is 3.47. The van der Waals surface area contributed by atoms with Crippen LogP contribution in [0.2, 0.25) is 5.02 Å². The second-order valence-corrected chi connectivity index (χ2v) is 4.59. The van der Waals surface area contributed by atoms with E-state index in [4.69, 9.17) is 17.3 Å². The third-order valence-electron chi connectivity index (χ3n) is 3.21. The number of hydrogen-bond acceptors (Lipinski definition) is 3. The fourth-order valence-corrected chi connectivity index (χ4v) is 2.20. The molecule has 0 aliphatic heterocycles. The van der Waals surface area contributed by atoms with E-state index in [1.54, 1.807) is 6.07 Å². The molecule has 1 atom stereocenters. The summed E-state index contributed by atoms with van der Waals surface area (Å²) in [5, 5.41) is 11.2. The van der Waals surface area contributed by atoms with Crippen LogP contribution in [0.1, 0.15) is 30.9 Å². The molecule has 1 aliphatic carbocycles. The van der Waals surface area contributed by atoms with E-state index < -0.39 is 4.92 Å². The molecule has 0 amide bonds. The number of nitrogens with zero attached hydrogens (tertiary/aromatic N) is 1. The van der Waals surface area contributed by atoms with Gasteiger partial charge in [0.05, 0.1) is 4.92 Å². The topological polar surface area (TPSA) is 69.2 Å². The maximum Gasteiger partial charge on any atom is 0.269 e. The molecule has 94 valence electrons. The summed E-state index contributed by atoms with van der Waals surface area (Å²) in [6.45, 7) is 0. The van der Waals surface area contributed by atoms with Crippen LogP contribution in [0.3, 0.4) is 0 Å². The summed E-state index contributed by atoms with van der Waals surface area (Å²) < 4.78 is 0. The van der Waals surface area contributed by atoms with E-state index >= 15 is 0 Å². The number of hydrogen-bond donors (Lipinski definition) is 1. The number of non-ortho nitro benzene ring substituents is 1. The average molecular weight is 277 g/mol. The van der Waals surface area contributed by atoms with Gasteiger partial charge in [-0.05, 0) is 30.4 Å². The molecule has 0 saturated heterocycles. The Kier molecular flexibility index (Phi) is 4.74. The third kappa shape index (κ3) is 2.89. The van der Waals surface area contributed by atoms with Crippen LogP contribution in [-0.2, 0) is 0 Å². The standard InChI is InChI=1S/C11H13ClN2O2.ClH/c12-10-5-4-8(14(15)16)6-9(10)11(13)7-2-1-3-7;/h4-7,11H,1-3,13H2;1H/t11-;/m1./s1. The van der Waals surface area contributed by atoms with Gasteiger partial charge in [-0.25, -0.2) is 0 Å². The smallest absolute Gasteiger partial charge is 0.269 e. The first-order valence-corrected chi connectivity index (χ1v) is 5.67. The van der Waals surface area contributed by atoms with Gasteiger partial charge in [0.1, 0.15) is 0 Å². The zero-order valence-electron chi connectivity index (χ0n) is 9.14. The molecule has 1 aliphatic rings. The highest BCUT2D eigenvalue weighted by molar-refractivity contribution is 6.31. The first-order chi connectivity index (χ1) is 7.59. The molecular formula is C11H14Cl2N2O2. The minimum atomic E-state index is -0.423. The molecule has 17 heavy (non-hydrogen) atoms. The van der Waals surface area contributed by atoms with Crippen molar-refractivity contribution in [3.8, 4) is 0 Å². The Hall–Kier alpha value is -0.840. The Bertz CT molecular complexity index is 422. The van der Waals surface area contributed by atoms with Crippen LogP contribution < -0.4 is 5.73 Å². The van der Waals surface area contributed by atoms with E-state index in [-0.39, 0.29) is 24.1 Å². The van der Waals surface area contributed by atoms with Gasteiger partial charge in [-0.15, -0.1) is 12.4 Å². The van der Waals surface area contributed by atoms with Crippen molar-refractivity contribution in [2.45, 2.75) is 25.3 Å². The highest BCUT2D eigenvalue weighted by Gasteiger charge is 2.27. The van der Waals surface area contributed by atoms with Crippen molar-refractivity contribution in [3.05, 3.63) is 38.9 Å². The summed E-state index contributed by atoms with van der Waals surface area (Å²) >= 11 is 6.02. The molecule has 0 bridgehead atoms. The quantitative estimate of drug-likeness (QED) is 0.679. The molecule has 0 unspecified atom stereocenters. The van der Waals surface area contributed by atoms with Gasteiger partial charge in [-0.3, -0.25) is 10.1 Å². The number of nitro benzene ring substituents is 1. The SMILES string of the molecule is Cl.N[C@@H](c1cc([N+](=O)[O-])ccc1Cl)C1CCC1. The Morgan fingerprint density at radius 1 is 1.47 bits per heavy atom. The van der Waals surface area contributed by atoms with Crippen LogP contribution in [-0.4, -0.2) is 4.92 Å². The summed E-state index contributed by atoms with van der Waals surface area (Å²) in [6, 6.07) is 4.26. The van der Waals surface area contributed by atoms with Crippen molar-refractivity contribution in [2.24, 2.45) is 11.7 Å². The van der Waals surface area contributed by atoms with Crippen LogP contribution in [0.15, 0.2) is 18.2 Å². The molecule has 4 nitrogen and oxygen atoms in total. The molecule has 0 heterocycles. The number of rotatable bonds is 3. The minimum Gasteiger partial charge on any atom is -0.324 e. The second kappa shape index (κ2) is 5.67. The zero-order valence-corrected chi connectivity index (χ0v) is 10.7. The second-order valence-electron chi connectivity index (χ2n) is 4.18. The van der Waals surface area contributed by atoms with Gasteiger partial charge in [0.2, 0.25) is 0 Å². The molecule has 1 aromatic carbocycles. The van der Waals surface area contributed by atoms with Crippen LogP contribution in [0.5, 0.6) is 0 Å². The van der Waals surface area contributed by atoms with Crippen LogP contribution in [0.25, 0.3) is 0 Å². The fourth-order valence-electron chi connectivity index (χ4n) is 1.95. The monoisotopic (exact) mass is 276 g/mol. The van der Waals surface area contributed by atoms with Crippen LogP contribution in [0, 0.1) is 16.0 Å². The molecule has 1 saturated carbocycles. The number of nitrogens with two attached hydrogens (primary N) is 1. The number of benzene rings is 1. The van der Waals surface area contributed by atoms with Crippen molar-refractivity contribution >= 4 is 29.7 Å². The predicted molar refractivity (Wildman–Crippen MR) is 69.6 cm³/mol. The minimum absolute atomic E-state index is 0. The summed E-state index contributed by atoms with van der Waals surface area (Å²) in [7, 11) is 0. The summed E-state index contributed by atoms with van der Waals surface area (Å²) in [5.74, 6) is 0.416. The normalized spacial score (nSPS) is 16.8. The summed E-state index contributed by atoms with van der Waals surface area (Å²) in [5.41, 5.74) is 6.81. The highest BCUT2D eigenvalue weighted by Crippen LogP contribution is 2.39. The maximum absolute atomic E-state index is 10.7. The molecule has 0 radical (unpaired) electrons. The fraction of sp³-hybridized carbons (Fsp3) is 0.455. The number of halogens is 2. The van der Waals surface area contributed by atoms with Crippen LogP contribution in [0.4, 0.5) is 5.69 Å². The van der Waals surface area contributed by atoms with Crippen molar-refractivity contribution in [1.29, 1.82) is 0 Å². The summed E-state index contributed by atoms with van der Waals surface area (Å²) in [4.78, 5) is 10.2. The van der Waals surface area contributed by atoms with E-state index in [2.05, 4.69) is 0 Å². The zero-order chi connectivity index (χ0) is 11.7. The first-order valence-electron chi connectivity index (χ1n) is 5.29.